The SMILES string of the molecule is Cn1nc2c(c1-c1ccccc1)CCN(C(=O)c1sc3ccccc3c1Cl)C2. The van der Waals surface area contributed by atoms with Crippen molar-refractivity contribution in [1.29, 1.82) is 0 Å². The molecule has 1 aliphatic heterocycles. The van der Waals surface area contributed by atoms with Crippen molar-refractivity contribution in [2.45, 2.75) is 13.0 Å². The van der Waals surface area contributed by atoms with E-state index in [1.54, 1.807) is 0 Å². The van der Waals surface area contributed by atoms with E-state index in [1.165, 1.54) is 16.9 Å². The van der Waals surface area contributed by atoms with E-state index >= 15 is 0 Å². The van der Waals surface area contributed by atoms with Crippen molar-refractivity contribution >= 4 is 38.9 Å². The minimum atomic E-state index is -0.0104. The minimum Gasteiger partial charge on any atom is -0.332 e. The van der Waals surface area contributed by atoms with Crippen molar-refractivity contribution in [3.05, 3.63) is 75.8 Å². The summed E-state index contributed by atoms with van der Waals surface area (Å²) in [4.78, 5) is 15.7. The molecular formula is C22H18ClN3OS. The topological polar surface area (TPSA) is 38.1 Å². The molecule has 0 unspecified atom stereocenters. The number of carbonyl (C=O) groups excluding carboxylic acids is 1. The quantitative estimate of drug-likeness (QED) is 0.460. The number of aromatic nitrogens is 2. The molecular weight excluding hydrogens is 390 g/mol. The standard InChI is InChI=1S/C22H18ClN3OS/c1-25-20(14-7-3-2-4-8-14)15-11-12-26(13-17(15)24-25)22(27)21-19(23)16-9-5-6-10-18(16)28-21/h2-10H,11-13H2,1H3. The fraction of sp³-hybridized carbons (Fsp3) is 0.182. The Bertz CT molecular complexity index is 1200. The van der Waals surface area contributed by atoms with Gasteiger partial charge in [0.1, 0.15) is 4.88 Å². The Morgan fingerprint density at radius 1 is 1.11 bits per heavy atom. The summed E-state index contributed by atoms with van der Waals surface area (Å²) in [5.74, 6) is -0.0104. The van der Waals surface area contributed by atoms with Crippen LogP contribution in [-0.2, 0) is 20.0 Å². The molecule has 0 saturated heterocycles. The molecule has 28 heavy (non-hydrogen) atoms. The van der Waals surface area contributed by atoms with Gasteiger partial charge in [-0.05, 0) is 12.5 Å². The smallest absolute Gasteiger partial charge is 0.265 e. The van der Waals surface area contributed by atoms with Gasteiger partial charge in [-0.3, -0.25) is 9.48 Å². The maximum absolute atomic E-state index is 13.2. The maximum atomic E-state index is 13.2. The van der Waals surface area contributed by atoms with Crippen molar-refractivity contribution < 1.29 is 4.79 Å². The lowest BCUT2D eigenvalue weighted by molar-refractivity contribution is 0.0737. The van der Waals surface area contributed by atoms with Crippen molar-refractivity contribution in [2.24, 2.45) is 7.05 Å². The van der Waals surface area contributed by atoms with Gasteiger partial charge in [-0.15, -0.1) is 11.3 Å². The first-order valence-corrected chi connectivity index (χ1v) is 10.4. The summed E-state index contributed by atoms with van der Waals surface area (Å²) in [6.45, 7) is 1.18. The van der Waals surface area contributed by atoms with Gasteiger partial charge in [-0.25, -0.2) is 0 Å². The fourth-order valence-electron chi connectivity index (χ4n) is 3.95. The van der Waals surface area contributed by atoms with E-state index in [2.05, 4.69) is 12.1 Å². The monoisotopic (exact) mass is 407 g/mol. The number of aryl methyl sites for hydroxylation is 1. The number of benzene rings is 2. The molecule has 0 spiro atoms. The molecule has 4 nitrogen and oxygen atoms in total. The van der Waals surface area contributed by atoms with Gasteiger partial charge in [0.25, 0.3) is 5.91 Å². The number of rotatable bonds is 2. The van der Waals surface area contributed by atoms with Crippen LogP contribution >= 0.6 is 22.9 Å². The van der Waals surface area contributed by atoms with E-state index in [0.29, 0.717) is 23.0 Å². The van der Waals surface area contributed by atoms with Gasteiger partial charge in [0.15, 0.2) is 0 Å². The zero-order valence-corrected chi connectivity index (χ0v) is 16.9. The number of thiophene rings is 1. The van der Waals surface area contributed by atoms with Crippen LogP contribution in [0.2, 0.25) is 5.02 Å². The molecule has 140 valence electrons. The highest BCUT2D eigenvalue weighted by Crippen LogP contribution is 2.37. The van der Waals surface area contributed by atoms with E-state index in [-0.39, 0.29) is 5.91 Å². The summed E-state index contributed by atoms with van der Waals surface area (Å²) in [6, 6.07) is 18.2. The van der Waals surface area contributed by atoms with Crippen LogP contribution in [0.1, 0.15) is 20.9 Å². The van der Waals surface area contributed by atoms with Crippen LogP contribution in [0.25, 0.3) is 21.3 Å². The van der Waals surface area contributed by atoms with Crippen LogP contribution in [0, 0.1) is 0 Å². The van der Waals surface area contributed by atoms with Crippen molar-refractivity contribution in [1.82, 2.24) is 14.7 Å². The second-order valence-electron chi connectivity index (χ2n) is 6.98. The third-order valence-electron chi connectivity index (χ3n) is 5.26. The number of hydrogen-bond donors (Lipinski definition) is 0. The Labute approximate surface area is 172 Å². The average Bonchev–Trinajstić information content (AvgIpc) is 3.24. The van der Waals surface area contributed by atoms with Crippen molar-refractivity contribution in [3.63, 3.8) is 0 Å². The zero-order valence-electron chi connectivity index (χ0n) is 15.4. The summed E-state index contributed by atoms with van der Waals surface area (Å²) in [6.07, 6.45) is 0.793. The molecule has 1 amide bonds. The molecule has 0 fully saturated rings. The summed E-state index contributed by atoms with van der Waals surface area (Å²) >= 11 is 7.99. The third-order valence-corrected chi connectivity index (χ3v) is 6.93. The molecule has 6 heteroatoms. The fourth-order valence-corrected chi connectivity index (χ4v) is 5.43. The van der Waals surface area contributed by atoms with E-state index < -0.39 is 0 Å². The Morgan fingerprint density at radius 2 is 1.86 bits per heavy atom. The van der Waals surface area contributed by atoms with Crippen LogP contribution in [0.15, 0.2) is 54.6 Å². The first-order chi connectivity index (χ1) is 13.6. The van der Waals surface area contributed by atoms with E-state index in [4.69, 9.17) is 16.7 Å². The minimum absolute atomic E-state index is 0.0104. The second-order valence-corrected chi connectivity index (χ2v) is 8.41. The van der Waals surface area contributed by atoms with E-state index in [0.717, 1.165) is 33.5 Å². The number of carbonyl (C=O) groups is 1. The Hall–Kier alpha value is -2.63. The summed E-state index contributed by atoms with van der Waals surface area (Å²) in [5, 5.41) is 6.21. The maximum Gasteiger partial charge on any atom is 0.265 e. The van der Waals surface area contributed by atoms with E-state index in [1.807, 2.05) is 59.1 Å². The Morgan fingerprint density at radius 3 is 2.64 bits per heavy atom. The molecule has 2 aromatic heterocycles. The Balaban J connectivity index is 1.48. The third kappa shape index (κ3) is 2.74. The number of hydrogen-bond acceptors (Lipinski definition) is 3. The highest BCUT2D eigenvalue weighted by Gasteiger charge is 2.29. The largest absolute Gasteiger partial charge is 0.332 e. The van der Waals surface area contributed by atoms with Gasteiger partial charge < -0.3 is 4.90 Å². The summed E-state index contributed by atoms with van der Waals surface area (Å²) in [5.41, 5.74) is 4.51. The molecule has 0 N–H and O–H groups in total. The van der Waals surface area contributed by atoms with Gasteiger partial charge in [0.05, 0.1) is 23.0 Å². The average molecular weight is 408 g/mol. The van der Waals surface area contributed by atoms with Gasteiger partial charge in [0, 0.05) is 34.8 Å². The molecule has 0 bridgehead atoms. The van der Waals surface area contributed by atoms with Gasteiger partial charge in [0.2, 0.25) is 0 Å². The molecule has 4 aromatic rings. The predicted octanol–water partition coefficient (Wildman–Crippen LogP) is 5.15. The lowest BCUT2D eigenvalue weighted by atomic mass is 10.00. The lowest BCUT2D eigenvalue weighted by Crippen LogP contribution is -2.35. The number of nitrogens with zero attached hydrogens (tertiary/aromatic N) is 3. The summed E-state index contributed by atoms with van der Waals surface area (Å²) in [7, 11) is 1.97. The van der Waals surface area contributed by atoms with E-state index in [9.17, 15) is 4.79 Å². The van der Waals surface area contributed by atoms with Gasteiger partial charge in [-0.2, -0.15) is 5.10 Å². The number of amides is 1. The first kappa shape index (κ1) is 17.5. The predicted molar refractivity (Wildman–Crippen MR) is 114 cm³/mol. The lowest BCUT2D eigenvalue weighted by Gasteiger charge is -2.26. The van der Waals surface area contributed by atoms with Crippen LogP contribution in [0.3, 0.4) is 0 Å². The van der Waals surface area contributed by atoms with Crippen molar-refractivity contribution in [2.75, 3.05) is 6.54 Å². The molecule has 2 aromatic carbocycles. The molecule has 1 aliphatic rings. The van der Waals surface area contributed by atoms with Crippen LogP contribution < -0.4 is 0 Å². The van der Waals surface area contributed by atoms with Crippen LogP contribution in [0.4, 0.5) is 0 Å². The molecule has 0 aliphatic carbocycles. The normalized spacial score (nSPS) is 13.7. The van der Waals surface area contributed by atoms with Crippen LogP contribution in [-0.4, -0.2) is 27.1 Å². The van der Waals surface area contributed by atoms with Crippen LogP contribution in [0.5, 0.6) is 0 Å². The second kappa shape index (κ2) is 6.76. The molecule has 0 saturated carbocycles. The van der Waals surface area contributed by atoms with Gasteiger partial charge in [-0.1, -0.05) is 60.1 Å². The first-order valence-electron chi connectivity index (χ1n) is 9.20. The highest BCUT2D eigenvalue weighted by molar-refractivity contribution is 7.21. The highest BCUT2D eigenvalue weighted by atomic mass is 35.5. The Kier molecular flexibility index (Phi) is 4.22. The number of fused-ring (bicyclic) bond motifs is 2. The van der Waals surface area contributed by atoms with Gasteiger partial charge >= 0.3 is 0 Å². The number of halogens is 1. The van der Waals surface area contributed by atoms with Crippen molar-refractivity contribution in [3.8, 4) is 11.3 Å². The molecule has 5 rings (SSSR count). The summed E-state index contributed by atoms with van der Waals surface area (Å²) < 4.78 is 2.97. The molecule has 0 radical (unpaired) electrons. The molecule has 0 atom stereocenters. The zero-order chi connectivity index (χ0) is 19.3. The molecule has 3 heterocycles.